The van der Waals surface area contributed by atoms with Crippen molar-refractivity contribution in [2.75, 3.05) is 0 Å². The number of hydrogen-bond donors (Lipinski definition) is 1. The minimum atomic E-state index is -1.30. The molecule has 0 unspecified atom stereocenters. The standard InChI is InChI=1S/C9H8O3.Ca.2H/c10-9(11)12-7-6-8-4-2-1-3-5-8;;;/h1-7H,(H,10,11);;;/q;+2;2*-1. The zero-order valence-electron chi connectivity index (χ0n) is 9.01. The Balaban J connectivity index is -0.000000480. The third-order valence-electron chi connectivity index (χ3n) is 1.23. The van der Waals surface area contributed by atoms with Crippen LogP contribution in [0.15, 0.2) is 36.6 Å². The van der Waals surface area contributed by atoms with Gasteiger partial charge in [-0.25, -0.2) is 4.79 Å². The van der Waals surface area contributed by atoms with Gasteiger partial charge in [-0.15, -0.1) is 0 Å². The second-order valence-corrected chi connectivity index (χ2v) is 2.10. The van der Waals surface area contributed by atoms with E-state index in [-0.39, 0.29) is 40.6 Å². The van der Waals surface area contributed by atoms with E-state index in [1.165, 1.54) is 0 Å². The van der Waals surface area contributed by atoms with E-state index in [0.29, 0.717) is 0 Å². The van der Waals surface area contributed by atoms with Crippen molar-refractivity contribution in [1.29, 1.82) is 0 Å². The molecule has 0 amide bonds. The molecule has 0 atom stereocenters. The van der Waals surface area contributed by atoms with Crippen LogP contribution < -0.4 is 0 Å². The van der Waals surface area contributed by atoms with Crippen molar-refractivity contribution in [2.24, 2.45) is 0 Å². The average Bonchev–Trinajstić information content (AvgIpc) is 2.05. The molecule has 0 aliphatic rings. The van der Waals surface area contributed by atoms with Gasteiger partial charge in [0.2, 0.25) is 0 Å². The summed E-state index contributed by atoms with van der Waals surface area (Å²) in [5.74, 6) is 0. The van der Waals surface area contributed by atoms with E-state index in [2.05, 4.69) is 4.74 Å². The zero-order chi connectivity index (χ0) is 8.81. The van der Waals surface area contributed by atoms with Crippen molar-refractivity contribution in [3.05, 3.63) is 42.2 Å². The van der Waals surface area contributed by atoms with Crippen LogP contribution >= 0.6 is 0 Å². The van der Waals surface area contributed by atoms with Gasteiger partial charge in [-0.1, -0.05) is 30.3 Å². The normalized spacial score (nSPS) is 9.23. The molecule has 0 aliphatic heterocycles. The third-order valence-corrected chi connectivity index (χ3v) is 1.23. The molecule has 0 aliphatic carbocycles. The second kappa shape index (κ2) is 6.95. The minimum Gasteiger partial charge on any atom is -1.00 e. The van der Waals surface area contributed by atoms with Crippen molar-refractivity contribution in [3.63, 3.8) is 0 Å². The van der Waals surface area contributed by atoms with Crippen molar-refractivity contribution < 1.29 is 17.5 Å². The summed E-state index contributed by atoms with van der Waals surface area (Å²) in [5.41, 5.74) is 0.902. The van der Waals surface area contributed by atoms with Crippen LogP contribution in [-0.2, 0) is 4.74 Å². The van der Waals surface area contributed by atoms with Gasteiger partial charge in [0.25, 0.3) is 0 Å². The maximum atomic E-state index is 9.92. The summed E-state index contributed by atoms with van der Waals surface area (Å²) in [6, 6.07) is 9.31. The first kappa shape index (κ1) is 12.5. The molecule has 0 aromatic heterocycles. The van der Waals surface area contributed by atoms with Crippen LogP contribution in [0.5, 0.6) is 0 Å². The summed E-state index contributed by atoms with van der Waals surface area (Å²) in [6.45, 7) is 0. The maximum Gasteiger partial charge on any atom is 2.00 e. The van der Waals surface area contributed by atoms with Crippen LogP contribution in [0, 0.1) is 0 Å². The molecule has 0 saturated carbocycles. The smallest absolute Gasteiger partial charge is 1.00 e. The van der Waals surface area contributed by atoms with Crippen LogP contribution in [0.25, 0.3) is 6.08 Å². The van der Waals surface area contributed by atoms with Crippen LogP contribution in [0.2, 0.25) is 0 Å². The SMILES string of the molecule is O=C(O)OC=Cc1ccccc1.[Ca+2].[H-].[H-]. The Kier molecular flexibility index (Phi) is 6.67. The van der Waals surface area contributed by atoms with Crippen LogP contribution in [0.3, 0.4) is 0 Å². The third kappa shape index (κ3) is 5.69. The molecule has 0 bridgehead atoms. The van der Waals surface area contributed by atoms with Gasteiger partial charge in [0.05, 0.1) is 6.26 Å². The largest absolute Gasteiger partial charge is 2.00 e. The van der Waals surface area contributed by atoms with E-state index >= 15 is 0 Å². The van der Waals surface area contributed by atoms with Gasteiger partial charge in [-0.05, 0) is 11.6 Å². The van der Waals surface area contributed by atoms with Crippen LogP contribution in [-0.4, -0.2) is 49.0 Å². The molecular weight excluding hydrogens is 196 g/mol. The fraction of sp³-hybridized carbons (Fsp3) is 0. The topological polar surface area (TPSA) is 46.5 Å². The number of benzene rings is 1. The molecule has 4 heteroatoms. The molecule has 1 aromatic carbocycles. The molecule has 0 saturated heterocycles. The van der Waals surface area contributed by atoms with Gasteiger partial charge in [-0.3, -0.25) is 0 Å². The average molecular weight is 206 g/mol. The van der Waals surface area contributed by atoms with Crippen molar-refractivity contribution in [3.8, 4) is 0 Å². The monoisotopic (exact) mass is 206 g/mol. The molecule has 13 heavy (non-hydrogen) atoms. The van der Waals surface area contributed by atoms with E-state index in [4.69, 9.17) is 5.11 Å². The Hall–Kier alpha value is -0.510. The fourth-order valence-electron chi connectivity index (χ4n) is 0.735. The van der Waals surface area contributed by atoms with E-state index in [1.807, 2.05) is 30.3 Å². The summed E-state index contributed by atoms with van der Waals surface area (Å²) >= 11 is 0. The van der Waals surface area contributed by atoms with Gasteiger partial charge in [-0.2, -0.15) is 0 Å². The quantitative estimate of drug-likeness (QED) is 0.458. The van der Waals surface area contributed by atoms with Gasteiger partial charge >= 0.3 is 43.9 Å². The fourth-order valence-corrected chi connectivity index (χ4v) is 0.735. The number of carbonyl (C=O) groups is 1. The van der Waals surface area contributed by atoms with E-state index in [9.17, 15) is 4.79 Å². The first-order valence-electron chi connectivity index (χ1n) is 3.40. The Morgan fingerprint density at radius 3 is 2.54 bits per heavy atom. The molecule has 0 radical (unpaired) electrons. The van der Waals surface area contributed by atoms with Gasteiger partial charge in [0, 0.05) is 0 Å². The van der Waals surface area contributed by atoms with Crippen molar-refractivity contribution in [1.82, 2.24) is 0 Å². The molecule has 66 valence electrons. The molecule has 0 spiro atoms. The van der Waals surface area contributed by atoms with Gasteiger partial charge in [0.15, 0.2) is 0 Å². The minimum absolute atomic E-state index is 0. The second-order valence-electron chi connectivity index (χ2n) is 2.10. The molecule has 0 heterocycles. The Morgan fingerprint density at radius 2 is 2.00 bits per heavy atom. The first-order chi connectivity index (χ1) is 5.79. The summed E-state index contributed by atoms with van der Waals surface area (Å²) in [4.78, 5) is 9.92. The molecule has 0 fully saturated rings. The van der Waals surface area contributed by atoms with E-state index in [0.717, 1.165) is 11.8 Å². The van der Waals surface area contributed by atoms with Crippen LogP contribution in [0.4, 0.5) is 4.79 Å². The molecule has 1 rings (SSSR count). The molecule has 1 N–H and O–H groups in total. The maximum absolute atomic E-state index is 9.92. The van der Waals surface area contributed by atoms with E-state index in [1.54, 1.807) is 6.08 Å². The number of rotatable bonds is 2. The summed E-state index contributed by atoms with van der Waals surface area (Å²) < 4.78 is 4.18. The Bertz CT molecular complexity index is 291. The predicted octanol–water partition coefficient (Wildman–Crippen LogP) is 2.20. The number of ether oxygens (including phenoxy) is 1. The van der Waals surface area contributed by atoms with Gasteiger partial charge < -0.3 is 12.7 Å². The summed E-state index contributed by atoms with van der Waals surface area (Å²) in [5, 5.41) is 8.12. The zero-order valence-corrected chi connectivity index (χ0v) is 9.22. The van der Waals surface area contributed by atoms with Gasteiger partial charge in [0.1, 0.15) is 0 Å². The molecular formula is C9H10CaO3. The predicted molar refractivity (Wildman–Crippen MR) is 52.6 cm³/mol. The molecule has 1 aromatic rings. The van der Waals surface area contributed by atoms with Crippen molar-refractivity contribution >= 4 is 50.0 Å². The summed E-state index contributed by atoms with van der Waals surface area (Å²) in [6.07, 6.45) is 1.41. The number of hydrogen-bond acceptors (Lipinski definition) is 2. The summed E-state index contributed by atoms with van der Waals surface area (Å²) in [7, 11) is 0. The van der Waals surface area contributed by atoms with E-state index < -0.39 is 6.16 Å². The van der Waals surface area contributed by atoms with Crippen molar-refractivity contribution in [2.45, 2.75) is 0 Å². The Labute approximate surface area is 109 Å². The Morgan fingerprint density at radius 1 is 1.38 bits per heavy atom. The van der Waals surface area contributed by atoms with Crippen LogP contribution in [0.1, 0.15) is 8.42 Å². The molecule has 3 nitrogen and oxygen atoms in total. The first-order valence-corrected chi connectivity index (χ1v) is 3.40. The number of carboxylic acid groups (broad SMARTS) is 1.